The van der Waals surface area contributed by atoms with Gasteiger partial charge in [0.05, 0.1) is 12.0 Å². The molecular weight excluding hydrogens is 259 g/mol. The van der Waals surface area contributed by atoms with Crippen LogP contribution in [0, 0.1) is 11.7 Å². The number of hydrogen-bond donors (Lipinski definition) is 3. The highest BCUT2D eigenvalue weighted by atomic mass is 19.1. The molecule has 2 aliphatic rings. The first-order valence-corrected chi connectivity index (χ1v) is 6.93. The molecule has 1 aromatic carbocycles. The predicted octanol–water partition coefficient (Wildman–Crippen LogP) is 0.150. The third-order valence-corrected chi connectivity index (χ3v) is 4.06. The van der Waals surface area contributed by atoms with E-state index in [-0.39, 0.29) is 29.7 Å². The van der Waals surface area contributed by atoms with Crippen molar-refractivity contribution in [3.8, 4) is 0 Å². The molecule has 0 bridgehead atoms. The first-order valence-electron chi connectivity index (χ1n) is 6.93. The van der Waals surface area contributed by atoms with Gasteiger partial charge in [0.25, 0.3) is 0 Å². The molecule has 4 N–H and O–H groups in total. The highest BCUT2D eigenvalue weighted by Gasteiger charge is 2.38. The maximum atomic E-state index is 13.0. The summed E-state index contributed by atoms with van der Waals surface area (Å²) < 4.78 is 13.0. The zero-order valence-corrected chi connectivity index (χ0v) is 11.2. The molecule has 2 heterocycles. The Morgan fingerprint density at radius 3 is 2.75 bits per heavy atom. The van der Waals surface area contributed by atoms with Crippen LogP contribution in [0.2, 0.25) is 0 Å². The SMILES string of the molecule is N[C@@H]1CCN(C(=O)C2CNNC2c2ccc(F)cc2)C1. The van der Waals surface area contributed by atoms with Crippen molar-refractivity contribution in [1.82, 2.24) is 15.8 Å². The molecule has 108 valence electrons. The van der Waals surface area contributed by atoms with Crippen LogP contribution < -0.4 is 16.6 Å². The molecule has 2 aliphatic heterocycles. The average molecular weight is 278 g/mol. The van der Waals surface area contributed by atoms with Gasteiger partial charge in [-0.05, 0) is 24.1 Å². The van der Waals surface area contributed by atoms with Crippen LogP contribution in [0.25, 0.3) is 0 Å². The zero-order chi connectivity index (χ0) is 14.1. The lowest BCUT2D eigenvalue weighted by molar-refractivity contribution is -0.134. The second-order valence-electron chi connectivity index (χ2n) is 5.49. The molecule has 2 unspecified atom stereocenters. The fourth-order valence-electron chi connectivity index (χ4n) is 2.93. The number of rotatable bonds is 2. The number of hydrazine groups is 1. The molecular formula is C14H19FN4O. The Morgan fingerprint density at radius 1 is 1.35 bits per heavy atom. The van der Waals surface area contributed by atoms with Gasteiger partial charge in [0.1, 0.15) is 5.82 Å². The van der Waals surface area contributed by atoms with E-state index in [9.17, 15) is 9.18 Å². The van der Waals surface area contributed by atoms with Gasteiger partial charge in [-0.1, -0.05) is 12.1 Å². The second-order valence-corrected chi connectivity index (χ2v) is 5.49. The van der Waals surface area contributed by atoms with Gasteiger partial charge in [-0.3, -0.25) is 10.2 Å². The van der Waals surface area contributed by atoms with E-state index in [0.717, 1.165) is 18.5 Å². The fraction of sp³-hybridized carbons (Fsp3) is 0.500. The molecule has 6 heteroatoms. The lowest BCUT2D eigenvalue weighted by Crippen LogP contribution is -2.39. The summed E-state index contributed by atoms with van der Waals surface area (Å²) in [7, 11) is 0. The van der Waals surface area contributed by atoms with E-state index in [2.05, 4.69) is 10.9 Å². The standard InChI is InChI=1S/C14H19FN4O/c15-10-3-1-9(2-4-10)13-12(7-17-18-13)14(20)19-6-5-11(16)8-19/h1-4,11-13,17-18H,5-8,16H2/t11-,12?,13?/m1/s1. The Kier molecular flexibility index (Phi) is 3.69. The van der Waals surface area contributed by atoms with Crippen molar-refractivity contribution in [2.24, 2.45) is 11.7 Å². The average Bonchev–Trinajstić information content (AvgIpc) is 3.07. The molecule has 2 saturated heterocycles. The van der Waals surface area contributed by atoms with Crippen molar-refractivity contribution < 1.29 is 9.18 Å². The van der Waals surface area contributed by atoms with Crippen molar-refractivity contribution in [2.75, 3.05) is 19.6 Å². The number of likely N-dealkylation sites (tertiary alicyclic amines) is 1. The maximum Gasteiger partial charge on any atom is 0.229 e. The Bertz CT molecular complexity index is 492. The van der Waals surface area contributed by atoms with E-state index < -0.39 is 0 Å². The van der Waals surface area contributed by atoms with Crippen LogP contribution in [0.5, 0.6) is 0 Å². The number of amides is 1. The number of nitrogens with one attached hydrogen (secondary N) is 2. The number of carbonyl (C=O) groups excluding carboxylic acids is 1. The highest BCUT2D eigenvalue weighted by molar-refractivity contribution is 5.80. The van der Waals surface area contributed by atoms with E-state index in [1.54, 1.807) is 12.1 Å². The Balaban J connectivity index is 1.75. The number of benzene rings is 1. The van der Waals surface area contributed by atoms with E-state index in [0.29, 0.717) is 13.1 Å². The van der Waals surface area contributed by atoms with Gasteiger partial charge < -0.3 is 10.6 Å². The van der Waals surface area contributed by atoms with Gasteiger partial charge in [0.2, 0.25) is 5.91 Å². The largest absolute Gasteiger partial charge is 0.341 e. The third-order valence-electron chi connectivity index (χ3n) is 4.06. The molecule has 3 rings (SSSR count). The van der Waals surface area contributed by atoms with Crippen molar-refractivity contribution in [3.05, 3.63) is 35.6 Å². The van der Waals surface area contributed by atoms with Gasteiger partial charge in [0.15, 0.2) is 0 Å². The number of nitrogens with zero attached hydrogens (tertiary/aromatic N) is 1. The van der Waals surface area contributed by atoms with Crippen molar-refractivity contribution >= 4 is 5.91 Å². The first-order chi connectivity index (χ1) is 9.65. The van der Waals surface area contributed by atoms with Crippen LogP contribution in [0.1, 0.15) is 18.0 Å². The van der Waals surface area contributed by atoms with Crippen LogP contribution in [-0.2, 0) is 4.79 Å². The summed E-state index contributed by atoms with van der Waals surface area (Å²) in [4.78, 5) is 14.4. The predicted molar refractivity (Wildman–Crippen MR) is 72.9 cm³/mol. The minimum atomic E-state index is -0.270. The molecule has 0 spiro atoms. The molecule has 5 nitrogen and oxygen atoms in total. The smallest absolute Gasteiger partial charge is 0.229 e. The van der Waals surface area contributed by atoms with Crippen LogP contribution >= 0.6 is 0 Å². The van der Waals surface area contributed by atoms with E-state index in [1.807, 2.05) is 4.90 Å². The zero-order valence-electron chi connectivity index (χ0n) is 11.2. The number of nitrogens with two attached hydrogens (primary N) is 1. The molecule has 0 radical (unpaired) electrons. The number of hydrogen-bond acceptors (Lipinski definition) is 4. The quantitative estimate of drug-likeness (QED) is 0.720. The molecule has 2 fully saturated rings. The normalized spacial score (nSPS) is 29.9. The Hall–Kier alpha value is -1.50. The van der Waals surface area contributed by atoms with Crippen molar-refractivity contribution in [1.29, 1.82) is 0 Å². The minimum Gasteiger partial charge on any atom is -0.341 e. The fourth-order valence-corrected chi connectivity index (χ4v) is 2.93. The summed E-state index contributed by atoms with van der Waals surface area (Å²) in [6, 6.07) is 6.24. The lowest BCUT2D eigenvalue weighted by Gasteiger charge is -2.24. The van der Waals surface area contributed by atoms with Gasteiger partial charge in [0, 0.05) is 25.7 Å². The molecule has 3 atom stereocenters. The minimum absolute atomic E-state index is 0.0885. The van der Waals surface area contributed by atoms with Gasteiger partial charge in [-0.15, -0.1) is 0 Å². The van der Waals surface area contributed by atoms with Gasteiger partial charge in [-0.25, -0.2) is 9.82 Å². The van der Waals surface area contributed by atoms with E-state index in [1.165, 1.54) is 12.1 Å². The lowest BCUT2D eigenvalue weighted by atomic mass is 9.94. The summed E-state index contributed by atoms with van der Waals surface area (Å²) in [6.07, 6.45) is 0.862. The van der Waals surface area contributed by atoms with Gasteiger partial charge in [-0.2, -0.15) is 0 Å². The molecule has 1 aromatic rings. The summed E-state index contributed by atoms with van der Waals surface area (Å²) in [5.41, 5.74) is 12.9. The summed E-state index contributed by atoms with van der Waals surface area (Å²) in [5.74, 6) is -0.330. The molecule has 1 amide bonds. The van der Waals surface area contributed by atoms with Crippen LogP contribution in [-0.4, -0.2) is 36.5 Å². The third kappa shape index (κ3) is 2.54. The van der Waals surface area contributed by atoms with Gasteiger partial charge >= 0.3 is 0 Å². The number of halogens is 1. The molecule has 20 heavy (non-hydrogen) atoms. The van der Waals surface area contributed by atoms with Crippen LogP contribution in [0.4, 0.5) is 4.39 Å². The van der Waals surface area contributed by atoms with Crippen LogP contribution in [0.15, 0.2) is 24.3 Å². The number of carbonyl (C=O) groups is 1. The Labute approximate surface area is 117 Å². The molecule has 0 aromatic heterocycles. The molecule has 0 saturated carbocycles. The summed E-state index contributed by atoms with van der Waals surface area (Å²) in [5, 5.41) is 0. The topological polar surface area (TPSA) is 70.4 Å². The van der Waals surface area contributed by atoms with Crippen molar-refractivity contribution in [3.63, 3.8) is 0 Å². The van der Waals surface area contributed by atoms with E-state index in [4.69, 9.17) is 5.73 Å². The maximum absolute atomic E-state index is 13.0. The van der Waals surface area contributed by atoms with Crippen molar-refractivity contribution in [2.45, 2.75) is 18.5 Å². The Morgan fingerprint density at radius 2 is 2.10 bits per heavy atom. The highest BCUT2D eigenvalue weighted by Crippen LogP contribution is 2.27. The summed E-state index contributed by atoms with van der Waals surface area (Å²) in [6.45, 7) is 1.94. The summed E-state index contributed by atoms with van der Waals surface area (Å²) >= 11 is 0. The monoisotopic (exact) mass is 278 g/mol. The van der Waals surface area contributed by atoms with Crippen LogP contribution in [0.3, 0.4) is 0 Å². The second kappa shape index (κ2) is 5.47. The van der Waals surface area contributed by atoms with E-state index >= 15 is 0 Å². The first kappa shape index (κ1) is 13.5. The molecule has 0 aliphatic carbocycles.